The van der Waals surface area contributed by atoms with Gasteiger partial charge in [-0.3, -0.25) is 4.79 Å². The third-order valence-corrected chi connectivity index (χ3v) is 4.05. The molecule has 0 bridgehead atoms. The van der Waals surface area contributed by atoms with Crippen LogP contribution >= 0.6 is 0 Å². The van der Waals surface area contributed by atoms with Gasteiger partial charge in [0.25, 0.3) is 0 Å². The lowest BCUT2D eigenvalue weighted by molar-refractivity contribution is -0.119. The quantitative estimate of drug-likeness (QED) is 0.830. The van der Waals surface area contributed by atoms with Crippen molar-refractivity contribution in [3.8, 4) is 17.2 Å². The van der Waals surface area contributed by atoms with Gasteiger partial charge in [0, 0.05) is 5.92 Å². The van der Waals surface area contributed by atoms with Gasteiger partial charge in [0.15, 0.2) is 11.5 Å². The lowest BCUT2D eigenvalue weighted by atomic mass is 9.99. The number of carbonyl (C=O) groups is 1. The Morgan fingerprint density at radius 1 is 0.960 bits per heavy atom. The molecule has 1 N–H and O–H groups in total. The first kappa shape index (κ1) is 18.6. The summed E-state index contributed by atoms with van der Waals surface area (Å²) in [4.78, 5) is 12.6. The Morgan fingerprint density at radius 3 is 2.24 bits per heavy atom. The molecule has 0 spiro atoms. The number of methoxy groups -OCH3 is 3. The summed E-state index contributed by atoms with van der Waals surface area (Å²) in [6, 6.07) is 11.4. The predicted octanol–water partition coefficient (Wildman–Crippen LogP) is 3.84. The van der Waals surface area contributed by atoms with Crippen molar-refractivity contribution in [1.82, 2.24) is 0 Å². The van der Waals surface area contributed by atoms with E-state index in [4.69, 9.17) is 14.2 Å². The van der Waals surface area contributed by atoms with Crippen LogP contribution in [0.3, 0.4) is 0 Å². The molecule has 5 nitrogen and oxygen atoms in total. The van der Waals surface area contributed by atoms with E-state index in [0.29, 0.717) is 29.4 Å². The molecule has 1 unspecified atom stereocenters. The van der Waals surface area contributed by atoms with Gasteiger partial charge in [-0.2, -0.15) is 0 Å². The first-order valence-electron chi connectivity index (χ1n) is 8.15. The van der Waals surface area contributed by atoms with Gasteiger partial charge in [0.1, 0.15) is 5.75 Å². The van der Waals surface area contributed by atoms with Crippen LogP contribution in [-0.4, -0.2) is 27.2 Å². The average molecular weight is 343 g/mol. The predicted molar refractivity (Wildman–Crippen MR) is 98.8 cm³/mol. The summed E-state index contributed by atoms with van der Waals surface area (Å²) < 4.78 is 15.9. The maximum Gasteiger partial charge on any atom is 0.227 e. The second kappa shape index (κ2) is 8.42. The van der Waals surface area contributed by atoms with Crippen LogP contribution in [0.5, 0.6) is 17.2 Å². The molecule has 5 heteroatoms. The van der Waals surface area contributed by atoms with Gasteiger partial charge in [0.05, 0.1) is 27.0 Å². The molecule has 0 aliphatic heterocycles. The number of hydrogen-bond donors (Lipinski definition) is 1. The molecule has 0 saturated carbocycles. The van der Waals surface area contributed by atoms with Gasteiger partial charge in [-0.05, 0) is 48.7 Å². The number of aryl methyl sites for hydroxylation is 1. The number of ether oxygens (including phenoxy) is 3. The molecule has 2 rings (SSSR count). The molecular weight excluding hydrogens is 318 g/mol. The molecule has 0 fully saturated rings. The summed E-state index contributed by atoms with van der Waals surface area (Å²) in [6.45, 7) is 3.87. The van der Waals surface area contributed by atoms with E-state index in [1.54, 1.807) is 21.3 Å². The van der Waals surface area contributed by atoms with Crippen molar-refractivity contribution in [2.75, 3.05) is 26.6 Å². The van der Waals surface area contributed by atoms with E-state index in [1.807, 2.05) is 50.2 Å². The van der Waals surface area contributed by atoms with Crippen LogP contribution < -0.4 is 19.5 Å². The second-order valence-electron chi connectivity index (χ2n) is 5.99. The van der Waals surface area contributed by atoms with Crippen molar-refractivity contribution >= 4 is 11.6 Å². The van der Waals surface area contributed by atoms with Crippen molar-refractivity contribution in [2.45, 2.75) is 20.3 Å². The highest BCUT2D eigenvalue weighted by atomic mass is 16.5. The van der Waals surface area contributed by atoms with Gasteiger partial charge in [-0.15, -0.1) is 0 Å². The summed E-state index contributed by atoms with van der Waals surface area (Å²) in [6.07, 6.45) is 0.598. The molecule has 134 valence electrons. The molecular formula is C20H25NO4. The molecule has 2 aromatic rings. The molecule has 2 aromatic carbocycles. The van der Waals surface area contributed by atoms with Crippen LogP contribution in [0, 0.1) is 12.8 Å². The number of rotatable bonds is 7. The zero-order chi connectivity index (χ0) is 18.4. The van der Waals surface area contributed by atoms with Crippen molar-refractivity contribution < 1.29 is 19.0 Å². The largest absolute Gasteiger partial charge is 0.495 e. The monoisotopic (exact) mass is 343 g/mol. The first-order chi connectivity index (χ1) is 12.0. The van der Waals surface area contributed by atoms with Crippen LogP contribution in [-0.2, 0) is 11.2 Å². The highest BCUT2D eigenvalue weighted by molar-refractivity contribution is 5.94. The standard InChI is InChI=1S/C20H25NO4/c1-13-6-8-17(23-3)16(10-13)21-20(22)14(2)11-15-7-9-18(24-4)19(12-15)25-5/h6-10,12,14H,11H2,1-5H3,(H,21,22). The van der Waals surface area contributed by atoms with E-state index >= 15 is 0 Å². The topological polar surface area (TPSA) is 56.8 Å². The number of hydrogen-bond acceptors (Lipinski definition) is 4. The number of amides is 1. The second-order valence-corrected chi connectivity index (χ2v) is 5.99. The van der Waals surface area contributed by atoms with E-state index < -0.39 is 0 Å². The van der Waals surface area contributed by atoms with Crippen molar-refractivity contribution in [3.05, 3.63) is 47.5 Å². The summed E-state index contributed by atoms with van der Waals surface area (Å²) in [5.74, 6) is 1.72. The highest BCUT2D eigenvalue weighted by Crippen LogP contribution is 2.29. The zero-order valence-electron chi connectivity index (χ0n) is 15.4. The van der Waals surface area contributed by atoms with E-state index in [2.05, 4.69) is 5.32 Å². The fourth-order valence-electron chi connectivity index (χ4n) is 2.63. The maximum absolute atomic E-state index is 12.6. The molecule has 0 aliphatic carbocycles. The molecule has 0 radical (unpaired) electrons. The molecule has 0 heterocycles. The Morgan fingerprint density at radius 2 is 1.60 bits per heavy atom. The summed E-state index contributed by atoms with van der Waals surface area (Å²) >= 11 is 0. The minimum Gasteiger partial charge on any atom is -0.495 e. The van der Waals surface area contributed by atoms with Crippen LogP contribution in [0.25, 0.3) is 0 Å². The van der Waals surface area contributed by atoms with Gasteiger partial charge in [-0.25, -0.2) is 0 Å². The minimum atomic E-state index is -0.205. The lowest BCUT2D eigenvalue weighted by Gasteiger charge is -2.16. The van der Waals surface area contributed by atoms with Crippen LogP contribution in [0.4, 0.5) is 5.69 Å². The van der Waals surface area contributed by atoms with E-state index in [0.717, 1.165) is 11.1 Å². The van der Waals surface area contributed by atoms with E-state index in [-0.39, 0.29) is 11.8 Å². The molecule has 0 saturated heterocycles. The fraction of sp³-hybridized carbons (Fsp3) is 0.350. The van der Waals surface area contributed by atoms with Crippen molar-refractivity contribution in [2.24, 2.45) is 5.92 Å². The van der Waals surface area contributed by atoms with Gasteiger partial charge >= 0.3 is 0 Å². The Balaban J connectivity index is 2.09. The zero-order valence-corrected chi connectivity index (χ0v) is 15.4. The SMILES string of the molecule is COc1ccc(C)cc1NC(=O)C(C)Cc1ccc(OC)c(OC)c1. The first-order valence-corrected chi connectivity index (χ1v) is 8.15. The van der Waals surface area contributed by atoms with Gasteiger partial charge in [-0.1, -0.05) is 19.1 Å². The van der Waals surface area contributed by atoms with Gasteiger partial charge < -0.3 is 19.5 Å². The minimum absolute atomic E-state index is 0.0568. The molecule has 25 heavy (non-hydrogen) atoms. The van der Waals surface area contributed by atoms with E-state index in [1.165, 1.54) is 0 Å². The normalized spacial score (nSPS) is 11.6. The number of carbonyl (C=O) groups excluding carboxylic acids is 1. The van der Waals surface area contributed by atoms with Gasteiger partial charge in [0.2, 0.25) is 5.91 Å². The van der Waals surface area contributed by atoms with Crippen LogP contribution in [0.1, 0.15) is 18.1 Å². The third kappa shape index (κ3) is 4.66. The Bertz CT molecular complexity index is 742. The fourth-order valence-corrected chi connectivity index (χ4v) is 2.63. The lowest BCUT2D eigenvalue weighted by Crippen LogP contribution is -2.22. The smallest absolute Gasteiger partial charge is 0.227 e. The number of benzene rings is 2. The molecule has 0 aliphatic rings. The Labute approximate surface area is 148 Å². The average Bonchev–Trinajstić information content (AvgIpc) is 2.61. The highest BCUT2D eigenvalue weighted by Gasteiger charge is 2.17. The number of anilines is 1. The third-order valence-electron chi connectivity index (χ3n) is 4.05. The summed E-state index contributed by atoms with van der Waals surface area (Å²) in [5, 5.41) is 2.95. The molecule has 1 atom stereocenters. The summed E-state index contributed by atoms with van der Waals surface area (Å²) in [5.41, 5.74) is 2.76. The van der Waals surface area contributed by atoms with Crippen molar-refractivity contribution in [1.29, 1.82) is 0 Å². The molecule has 0 aromatic heterocycles. The van der Waals surface area contributed by atoms with Crippen molar-refractivity contribution in [3.63, 3.8) is 0 Å². The maximum atomic E-state index is 12.6. The Hall–Kier alpha value is -2.69. The summed E-state index contributed by atoms with van der Waals surface area (Å²) in [7, 11) is 4.79. The Kier molecular flexibility index (Phi) is 6.28. The number of nitrogens with one attached hydrogen (secondary N) is 1. The van der Waals surface area contributed by atoms with Crippen LogP contribution in [0.15, 0.2) is 36.4 Å². The van der Waals surface area contributed by atoms with E-state index in [9.17, 15) is 4.79 Å². The molecule has 1 amide bonds. The van der Waals surface area contributed by atoms with Crippen LogP contribution in [0.2, 0.25) is 0 Å².